The Kier molecular flexibility index (Phi) is 4.65. The molecule has 0 saturated heterocycles. The number of hydrogen-bond donors (Lipinski definition) is 1. The van der Waals surface area contributed by atoms with Gasteiger partial charge in [-0.25, -0.2) is 8.42 Å². The van der Waals surface area contributed by atoms with Gasteiger partial charge in [0.1, 0.15) is 0 Å². The highest BCUT2D eigenvalue weighted by Crippen LogP contribution is 2.26. The summed E-state index contributed by atoms with van der Waals surface area (Å²) in [7, 11) is -3.49. The summed E-state index contributed by atoms with van der Waals surface area (Å²) in [6, 6.07) is 7.58. The highest BCUT2D eigenvalue weighted by Gasteiger charge is 2.17. The number of halogens is 2. The average molecular weight is 331 g/mol. The van der Waals surface area contributed by atoms with Gasteiger partial charge in [-0.1, -0.05) is 23.2 Å². The van der Waals surface area contributed by atoms with E-state index < -0.39 is 9.84 Å². The van der Waals surface area contributed by atoms with Crippen LogP contribution in [0.2, 0.25) is 10.0 Å². The molecule has 0 aliphatic heterocycles. The largest absolute Gasteiger partial charge is 0.325 e. The molecule has 1 heterocycles. The Labute approximate surface area is 127 Å². The second-order valence-electron chi connectivity index (χ2n) is 4.19. The molecule has 2 aromatic rings. The lowest BCUT2D eigenvalue weighted by atomic mass is 10.2. The predicted octanol–water partition coefficient (Wildman–Crippen LogP) is 2.82. The lowest BCUT2D eigenvalue weighted by molar-refractivity contribution is 0.595. The molecule has 0 atom stereocenters. The Morgan fingerprint density at radius 3 is 2.50 bits per heavy atom. The number of pyridine rings is 1. The molecular weight excluding hydrogens is 319 g/mol. The molecule has 0 aliphatic rings. The van der Waals surface area contributed by atoms with Crippen LogP contribution in [-0.4, -0.2) is 13.4 Å². The molecule has 0 fully saturated rings. The molecule has 0 unspecified atom stereocenters. The summed E-state index contributed by atoms with van der Waals surface area (Å²) in [6.07, 6.45) is 1.54. The molecule has 0 aliphatic carbocycles. The Balaban J connectivity index is 2.32. The molecule has 1 aromatic carbocycles. The topological polar surface area (TPSA) is 73.1 Å². The fraction of sp³-hybridized carbons (Fsp3) is 0.154. The zero-order valence-electron chi connectivity index (χ0n) is 10.4. The zero-order chi connectivity index (χ0) is 14.8. The Bertz CT molecular complexity index is 733. The van der Waals surface area contributed by atoms with Crippen molar-refractivity contribution in [2.45, 2.75) is 17.2 Å². The van der Waals surface area contributed by atoms with Crippen LogP contribution in [0.4, 0.5) is 0 Å². The Morgan fingerprint density at radius 1 is 1.10 bits per heavy atom. The van der Waals surface area contributed by atoms with E-state index in [2.05, 4.69) is 4.98 Å². The molecule has 4 nitrogen and oxygen atoms in total. The molecule has 0 radical (unpaired) electrons. The van der Waals surface area contributed by atoms with Gasteiger partial charge in [-0.2, -0.15) is 0 Å². The van der Waals surface area contributed by atoms with E-state index in [-0.39, 0.29) is 22.2 Å². The minimum absolute atomic E-state index is 0.137. The number of nitrogens with zero attached hydrogens (tertiary/aromatic N) is 1. The molecule has 20 heavy (non-hydrogen) atoms. The number of hydrogen-bond acceptors (Lipinski definition) is 4. The minimum Gasteiger partial charge on any atom is -0.325 e. The Hall–Kier alpha value is -1.14. The van der Waals surface area contributed by atoms with E-state index in [4.69, 9.17) is 28.9 Å². The van der Waals surface area contributed by atoms with Crippen LogP contribution in [0.5, 0.6) is 0 Å². The van der Waals surface area contributed by atoms with Crippen LogP contribution in [0.1, 0.15) is 11.3 Å². The molecule has 0 amide bonds. The van der Waals surface area contributed by atoms with Gasteiger partial charge in [0.05, 0.1) is 26.4 Å². The van der Waals surface area contributed by atoms with Gasteiger partial charge in [-0.3, -0.25) is 4.98 Å². The second kappa shape index (κ2) is 6.10. The minimum atomic E-state index is -3.49. The Morgan fingerprint density at radius 2 is 1.85 bits per heavy atom. The van der Waals surface area contributed by atoms with Gasteiger partial charge in [0, 0.05) is 12.7 Å². The highest BCUT2D eigenvalue weighted by atomic mass is 35.5. The third-order valence-electron chi connectivity index (χ3n) is 2.70. The number of aromatic nitrogens is 1. The van der Waals surface area contributed by atoms with E-state index >= 15 is 0 Å². The average Bonchev–Trinajstić information content (AvgIpc) is 2.41. The first-order chi connectivity index (χ1) is 9.42. The summed E-state index contributed by atoms with van der Waals surface area (Å²) in [4.78, 5) is 4.17. The molecule has 0 bridgehead atoms. The first-order valence-electron chi connectivity index (χ1n) is 5.74. The standard InChI is InChI=1S/C13H12Cl2N2O2S/c14-12-2-1-11(6-13(12)15)20(18,19)8-9-3-4-17-10(5-9)7-16/h1-6H,7-8,16H2. The van der Waals surface area contributed by atoms with Gasteiger partial charge in [-0.15, -0.1) is 0 Å². The number of nitrogens with two attached hydrogens (primary N) is 1. The third-order valence-corrected chi connectivity index (χ3v) is 5.12. The summed E-state index contributed by atoms with van der Waals surface area (Å²) in [5.41, 5.74) is 6.76. The molecule has 0 spiro atoms. The van der Waals surface area contributed by atoms with Crippen molar-refractivity contribution in [1.82, 2.24) is 4.98 Å². The third kappa shape index (κ3) is 3.49. The van der Waals surface area contributed by atoms with Gasteiger partial charge in [0.2, 0.25) is 0 Å². The van der Waals surface area contributed by atoms with Crippen molar-refractivity contribution >= 4 is 33.0 Å². The maximum atomic E-state index is 12.3. The highest BCUT2D eigenvalue weighted by molar-refractivity contribution is 7.90. The summed E-state index contributed by atoms with van der Waals surface area (Å²) in [5.74, 6) is -0.138. The molecule has 7 heteroatoms. The molecular formula is C13H12Cl2N2O2S. The number of benzene rings is 1. The molecule has 0 saturated carbocycles. The number of sulfone groups is 1. The van der Waals surface area contributed by atoms with Gasteiger partial charge in [0.15, 0.2) is 9.84 Å². The van der Waals surface area contributed by atoms with E-state index in [0.717, 1.165) is 0 Å². The summed E-state index contributed by atoms with van der Waals surface area (Å²) in [5, 5.41) is 0.532. The maximum Gasteiger partial charge on any atom is 0.182 e. The van der Waals surface area contributed by atoms with Crippen molar-refractivity contribution in [2.24, 2.45) is 5.73 Å². The summed E-state index contributed by atoms with van der Waals surface area (Å²) < 4.78 is 24.6. The van der Waals surface area contributed by atoms with Crippen LogP contribution in [0, 0.1) is 0 Å². The lowest BCUT2D eigenvalue weighted by Crippen LogP contribution is -2.07. The molecule has 2 rings (SSSR count). The van der Waals surface area contributed by atoms with E-state index in [1.54, 1.807) is 18.3 Å². The van der Waals surface area contributed by atoms with Crippen molar-refractivity contribution in [1.29, 1.82) is 0 Å². The van der Waals surface area contributed by atoms with Gasteiger partial charge >= 0.3 is 0 Å². The zero-order valence-corrected chi connectivity index (χ0v) is 12.7. The first-order valence-corrected chi connectivity index (χ1v) is 8.15. The summed E-state index contributed by atoms with van der Waals surface area (Å²) >= 11 is 11.6. The van der Waals surface area contributed by atoms with Gasteiger partial charge in [-0.05, 0) is 35.9 Å². The summed E-state index contributed by atoms with van der Waals surface area (Å²) in [6.45, 7) is 0.265. The van der Waals surface area contributed by atoms with Crippen molar-refractivity contribution < 1.29 is 8.42 Å². The van der Waals surface area contributed by atoms with E-state index in [9.17, 15) is 8.42 Å². The maximum absolute atomic E-state index is 12.3. The normalized spacial score (nSPS) is 11.6. The monoisotopic (exact) mass is 330 g/mol. The van der Waals surface area contributed by atoms with Crippen LogP contribution in [-0.2, 0) is 22.1 Å². The second-order valence-corrected chi connectivity index (χ2v) is 7.00. The van der Waals surface area contributed by atoms with Crippen molar-refractivity contribution in [3.05, 3.63) is 57.8 Å². The first kappa shape index (κ1) is 15.3. The van der Waals surface area contributed by atoms with Gasteiger partial charge < -0.3 is 5.73 Å². The van der Waals surface area contributed by atoms with Crippen LogP contribution in [0.15, 0.2) is 41.4 Å². The van der Waals surface area contributed by atoms with E-state index in [1.807, 2.05) is 0 Å². The molecule has 2 N–H and O–H groups in total. The van der Waals surface area contributed by atoms with Crippen LogP contribution < -0.4 is 5.73 Å². The van der Waals surface area contributed by atoms with Crippen LogP contribution >= 0.6 is 23.2 Å². The van der Waals surface area contributed by atoms with E-state index in [1.165, 1.54) is 18.2 Å². The van der Waals surface area contributed by atoms with Crippen LogP contribution in [0.3, 0.4) is 0 Å². The number of rotatable bonds is 4. The molecule has 1 aromatic heterocycles. The predicted molar refractivity (Wildman–Crippen MR) is 79.5 cm³/mol. The molecule has 106 valence electrons. The fourth-order valence-corrected chi connectivity index (χ4v) is 3.42. The smallest absolute Gasteiger partial charge is 0.182 e. The van der Waals surface area contributed by atoms with Crippen molar-refractivity contribution in [3.8, 4) is 0 Å². The van der Waals surface area contributed by atoms with Gasteiger partial charge in [0.25, 0.3) is 0 Å². The SMILES string of the molecule is NCc1cc(CS(=O)(=O)c2ccc(Cl)c(Cl)c2)ccn1. The quantitative estimate of drug-likeness (QED) is 0.935. The fourth-order valence-electron chi connectivity index (χ4n) is 1.70. The lowest BCUT2D eigenvalue weighted by Gasteiger charge is -2.07. The van der Waals surface area contributed by atoms with E-state index in [0.29, 0.717) is 16.3 Å². The van der Waals surface area contributed by atoms with Crippen LogP contribution in [0.25, 0.3) is 0 Å². The van der Waals surface area contributed by atoms with Crippen molar-refractivity contribution in [3.63, 3.8) is 0 Å². The van der Waals surface area contributed by atoms with Crippen molar-refractivity contribution in [2.75, 3.05) is 0 Å².